The summed E-state index contributed by atoms with van der Waals surface area (Å²) in [6, 6.07) is 7.45. The minimum absolute atomic E-state index is 0.0465. The van der Waals surface area contributed by atoms with Crippen molar-refractivity contribution in [1.29, 1.82) is 0 Å². The van der Waals surface area contributed by atoms with E-state index in [9.17, 15) is 9.59 Å². The molecule has 1 atom stereocenters. The SMILES string of the molecule is O=C(Nc1nncs1)[C@@H]1CC(=O)N(c2ccc(Br)cc2)C1. The number of aromatic nitrogens is 2. The van der Waals surface area contributed by atoms with Crippen LogP contribution in [0.25, 0.3) is 0 Å². The van der Waals surface area contributed by atoms with Crippen LogP contribution in [0, 0.1) is 5.92 Å². The summed E-state index contributed by atoms with van der Waals surface area (Å²) in [5.41, 5.74) is 2.35. The monoisotopic (exact) mass is 366 g/mol. The van der Waals surface area contributed by atoms with Crippen LogP contribution in [0.5, 0.6) is 0 Å². The standard InChI is InChI=1S/C13H11BrN4O2S/c14-9-1-3-10(4-2-9)18-6-8(5-11(18)19)12(20)16-13-17-15-7-21-13/h1-4,7-8H,5-6H2,(H,16,17,20)/t8-/m1/s1. The van der Waals surface area contributed by atoms with E-state index in [2.05, 4.69) is 31.4 Å². The quantitative estimate of drug-likeness (QED) is 0.903. The maximum Gasteiger partial charge on any atom is 0.231 e. The van der Waals surface area contributed by atoms with Gasteiger partial charge in [-0.2, -0.15) is 0 Å². The molecule has 0 aliphatic carbocycles. The minimum Gasteiger partial charge on any atom is -0.312 e. The molecule has 6 nitrogen and oxygen atoms in total. The summed E-state index contributed by atoms with van der Waals surface area (Å²) in [6.45, 7) is 0.380. The first-order valence-corrected chi connectivity index (χ1v) is 7.94. The van der Waals surface area contributed by atoms with Gasteiger partial charge in [0.1, 0.15) is 5.51 Å². The zero-order valence-corrected chi connectivity index (χ0v) is 13.2. The third kappa shape index (κ3) is 3.11. The zero-order valence-electron chi connectivity index (χ0n) is 10.8. The summed E-state index contributed by atoms with van der Waals surface area (Å²) in [5.74, 6) is -0.612. The van der Waals surface area contributed by atoms with E-state index in [-0.39, 0.29) is 24.2 Å². The summed E-state index contributed by atoms with van der Waals surface area (Å²) in [4.78, 5) is 25.9. The highest BCUT2D eigenvalue weighted by atomic mass is 79.9. The van der Waals surface area contributed by atoms with Crippen LogP contribution in [0.4, 0.5) is 10.8 Å². The van der Waals surface area contributed by atoms with Gasteiger partial charge in [0.15, 0.2) is 0 Å². The lowest BCUT2D eigenvalue weighted by Gasteiger charge is -2.16. The van der Waals surface area contributed by atoms with E-state index in [4.69, 9.17) is 0 Å². The van der Waals surface area contributed by atoms with Gasteiger partial charge in [0, 0.05) is 23.1 Å². The molecule has 1 saturated heterocycles. The van der Waals surface area contributed by atoms with E-state index in [1.807, 2.05) is 24.3 Å². The predicted molar refractivity (Wildman–Crippen MR) is 83.1 cm³/mol. The van der Waals surface area contributed by atoms with Crippen LogP contribution >= 0.6 is 27.3 Å². The summed E-state index contributed by atoms with van der Waals surface area (Å²) < 4.78 is 0.948. The molecule has 8 heteroatoms. The van der Waals surface area contributed by atoms with Crippen molar-refractivity contribution in [2.75, 3.05) is 16.8 Å². The number of amides is 2. The topological polar surface area (TPSA) is 75.2 Å². The summed E-state index contributed by atoms with van der Waals surface area (Å²) in [5, 5.41) is 10.6. The Kier molecular flexibility index (Phi) is 3.98. The van der Waals surface area contributed by atoms with Gasteiger partial charge in [0.2, 0.25) is 16.9 Å². The van der Waals surface area contributed by atoms with E-state index >= 15 is 0 Å². The molecule has 0 saturated carbocycles. The Morgan fingerprint density at radius 3 is 2.81 bits per heavy atom. The molecule has 0 radical (unpaired) electrons. The molecule has 0 bridgehead atoms. The lowest BCUT2D eigenvalue weighted by atomic mass is 10.1. The normalized spacial score (nSPS) is 18.0. The molecule has 0 spiro atoms. The summed E-state index contributed by atoms with van der Waals surface area (Å²) >= 11 is 4.61. The fourth-order valence-electron chi connectivity index (χ4n) is 2.19. The molecule has 1 aromatic heterocycles. The maximum absolute atomic E-state index is 12.1. The van der Waals surface area contributed by atoms with Gasteiger partial charge < -0.3 is 10.2 Å². The van der Waals surface area contributed by atoms with Crippen molar-refractivity contribution in [2.45, 2.75) is 6.42 Å². The van der Waals surface area contributed by atoms with Crippen LogP contribution in [0.2, 0.25) is 0 Å². The van der Waals surface area contributed by atoms with E-state index < -0.39 is 0 Å². The molecule has 0 unspecified atom stereocenters. The van der Waals surface area contributed by atoms with Crippen molar-refractivity contribution in [3.05, 3.63) is 34.2 Å². The van der Waals surface area contributed by atoms with Crippen molar-refractivity contribution in [1.82, 2.24) is 10.2 Å². The molecular formula is C13H11BrN4O2S. The van der Waals surface area contributed by atoms with Crippen LogP contribution in [-0.4, -0.2) is 28.6 Å². The molecule has 1 aliphatic rings. The number of hydrogen-bond acceptors (Lipinski definition) is 5. The molecule has 2 aromatic rings. The molecule has 1 N–H and O–H groups in total. The van der Waals surface area contributed by atoms with Crippen LogP contribution < -0.4 is 10.2 Å². The number of halogens is 1. The third-order valence-corrected chi connectivity index (χ3v) is 4.36. The van der Waals surface area contributed by atoms with E-state index in [0.717, 1.165) is 10.2 Å². The van der Waals surface area contributed by atoms with Crippen molar-refractivity contribution in [3.63, 3.8) is 0 Å². The number of carbonyl (C=O) groups is 2. The Bertz CT molecular complexity index is 659. The Hall–Kier alpha value is -1.80. The molecule has 1 aliphatic heterocycles. The molecule has 2 amide bonds. The van der Waals surface area contributed by atoms with Gasteiger partial charge in [-0.1, -0.05) is 27.3 Å². The number of carbonyl (C=O) groups excluding carboxylic acids is 2. The minimum atomic E-state index is -0.370. The Labute approximate surface area is 133 Å². The van der Waals surface area contributed by atoms with Crippen molar-refractivity contribution in [2.24, 2.45) is 5.92 Å². The highest BCUT2D eigenvalue weighted by Gasteiger charge is 2.35. The van der Waals surface area contributed by atoms with Crippen molar-refractivity contribution in [3.8, 4) is 0 Å². The Morgan fingerprint density at radius 1 is 1.38 bits per heavy atom. The fourth-order valence-corrected chi connectivity index (χ4v) is 2.90. The number of nitrogens with one attached hydrogen (secondary N) is 1. The second-order valence-electron chi connectivity index (χ2n) is 4.61. The molecule has 1 aromatic carbocycles. The lowest BCUT2D eigenvalue weighted by molar-refractivity contribution is -0.122. The van der Waals surface area contributed by atoms with E-state index in [0.29, 0.717) is 11.7 Å². The third-order valence-electron chi connectivity index (χ3n) is 3.22. The highest BCUT2D eigenvalue weighted by molar-refractivity contribution is 9.10. The van der Waals surface area contributed by atoms with Crippen LogP contribution in [0.1, 0.15) is 6.42 Å². The average Bonchev–Trinajstić information content (AvgIpc) is 3.09. The van der Waals surface area contributed by atoms with Crippen molar-refractivity contribution >= 4 is 49.9 Å². The molecule has 3 rings (SSSR count). The number of benzene rings is 1. The van der Waals surface area contributed by atoms with Gasteiger partial charge in [0.25, 0.3) is 0 Å². The molecular weight excluding hydrogens is 356 g/mol. The second kappa shape index (κ2) is 5.90. The van der Waals surface area contributed by atoms with E-state index in [1.54, 1.807) is 10.4 Å². The van der Waals surface area contributed by atoms with E-state index in [1.165, 1.54) is 11.3 Å². The first kappa shape index (κ1) is 14.2. The van der Waals surface area contributed by atoms with Gasteiger partial charge in [-0.15, -0.1) is 10.2 Å². The highest BCUT2D eigenvalue weighted by Crippen LogP contribution is 2.27. The fraction of sp³-hybridized carbons (Fsp3) is 0.231. The second-order valence-corrected chi connectivity index (χ2v) is 6.36. The summed E-state index contributed by atoms with van der Waals surface area (Å²) in [6.07, 6.45) is 0.209. The van der Waals surface area contributed by atoms with Gasteiger partial charge in [0.05, 0.1) is 5.92 Å². The number of rotatable bonds is 3. The number of nitrogens with zero attached hydrogens (tertiary/aromatic N) is 3. The maximum atomic E-state index is 12.1. The Morgan fingerprint density at radius 2 is 2.14 bits per heavy atom. The van der Waals surface area contributed by atoms with Gasteiger partial charge in [-0.3, -0.25) is 9.59 Å². The zero-order chi connectivity index (χ0) is 14.8. The average molecular weight is 367 g/mol. The first-order chi connectivity index (χ1) is 10.1. The first-order valence-electron chi connectivity index (χ1n) is 6.26. The van der Waals surface area contributed by atoms with Crippen LogP contribution in [-0.2, 0) is 9.59 Å². The smallest absolute Gasteiger partial charge is 0.231 e. The Balaban J connectivity index is 1.69. The molecule has 108 valence electrons. The molecule has 21 heavy (non-hydrogen) atoms. The van der Waals surface area contributed by atoms with Gasteiger partial charge in [-0.05, 0) is 24.3 Å². The van der Waals surface area contributed by atoms with Gasteiger partial charge in [-0.25, -0.2) is 0 Å². The van der Waals surface area contributed by atoms with Crippen LogP contribution in [0.15, 0.2) is 34.2 Å². The summed E-state index contributed by atoms with van der Waals surface area (Å²) in [7, 11) is 0. The number of anilines is 2. The largest absolute Gasteiger partial charge is 0.312 e. The predicted octanol–water partition coefficient (Wildman–Crippen LogP) is 2.29. The molecule has 1 fully saturated rings. The molecule has 2 heterocycles. The van der Waals surface area contributed by atoms with Crippen molar-refractivity contribution < 1.29 is 9.59 Å². The number of hydrogen-bond donors (Lipinski definition) is 1. The lowest BCUT2D eigenvalue weighted by Crippen LogP contribution is -2.28. The van der Waals surface area contributed by atoms with Crippen LogP contribution in [0.3, 0.4) is 0 Å². The van der Waals surface area contributed by atoms with Gasteiger partial charge >= 0.3 is 0 Å².